The number of ketones is 1. The van der Waals surface area contributed by atoms with Crippen LogP contribution in [0.25, 0.3) is 0 Å². The monoisotopic (exact) mass is 282 g/mol. The van der Waals surface area contributed by atoms with E-state index in [1.54, 1.807) is 27.7 Å². The molecule has 1 saturated carbocycles. The van der Waals surface area contributed by atoms with Gasteiger partial charge in [-0.15, -0.1) is 0 Å². The number of carbonyl (C=O) groups excluding carboxylic acids is 3. The second-order valence-corrected chi connectivity index (χ2v) is 6.42. The maximum atomic E-state index is 12.1. The number of carbonyl (C=O) groups is 3. The largest absolute Gasteiger partial charge is 0.458 e. The maximum absolute atomic E-state index is 12.1. The summed E-state index contributed by atoms with van der Waals surface area (Å²) in [5.41, 5.74) is -0.792. The van der Waals surface area contributed by atoms with Crippen LogP contribution in [0.2, 0.25) is 0 Å². The predicted octanol–water partition coefficient (Wildman–Crippen LogP) is 1.87. The van der Waals surface area contributed by atoms with E-state index < -0.39 is 17.5 Å². The van der Waals surface area contributed by atoms with E-state index in [4.69, 9.17) is 9.47 Å². The third-order valence-electron chi connectivity index (χ3n) is 4.38. The molecule has 112 valence electrons. The first-order chi connectivity index (χ1) is 9.24. The van der Waals surface area contributed by atoms with Crippen LogP contribution >= 0.6 is 0 Å². The quantitative estimate of drug-likeness (QED) is 0.581. The number of fused-ring (bicyclic) bond motifs is 3. The van der Waals surface area contributed by atoms with E-state index >= 15 is 0 Å². The number of Topliss-reactive ketones (excluding diaryl/α,β-unsaturated/α-hetero) is 1. The molecule has 5 heteroatoms. The van der Waals surface area contributed by atoms with Crippen molar-refractivity contribution in [3.05, 3.63) is 0 Å². The second-order valence-electron chi connectivity index (χ2n) is 6.42. The highest BCUT2D eigenvalue weighted by Gasteiger charge is 2.53. The molecule has 2 heterocycles. The topological polar surface area (TPSA) is 69.7 Å². The summed E-state index contributed by atoms with van der Waals surface area (Å²) in [6.45, 7) is 6.89. The Morgan fingerprint density at radius 2 is 1.95 bits per heavy atom. The molecule has 4 unspecified atom stereocenters. The Balaban J connectivity index is 2.04. The third-order valence-corrected chi connectivity index (χ3v) is 4.38. The van der Waals surface area contributed by atoms with Gasteiger partial charge in [0.05, 0.1) is 5.92 Å². The van der Waals surface area contributed by atoms with Crippen molar-refractivity contribution in [2.45, 2.75) is 58.7 Å². The van der Waals surface area contributed by atoms with E-state index in [0.717, 1.165) is 6.42 Å². The summed E-state index contributed by atoms with van der Waals surface area (Å²) in [6.07, 6.45) is 1.61. The lowest BCUT2D eigenvalue weighted by atomic mass is 9.74. The number of rotatable bonds is 4. The zero-order chi connectivity index (χ0) is 15.1. The first kappa shape index (κ1) is 15.0. The zero-order valence-corrected chi connectivity index (χ0v) is 12.5. The molecular weight excluding hydrogens is 260 g/mol. The molecule has 5 nitrogen and oxygen atoms in total. The minimum absolute atomic E-state index is 0.128. The van der Waals surface area contributed by atoms with Crippen molar-refractivity contribution in [3.8, 4) is 0 Å². The minimum Gasteiger partial charge on any atom is -0.458 e. The van der Waals surface area contributed by atoms with Gasteiger partial charge >= 0.3 is 11.9 Å². The van der Waals surface area contributed by atoms with E-state index in [9.17, 15) is 14.4 Å². The zero-order valence-electron chi connectivity index (χ0n) is 12.5. The van der Waals surface area contributed by atoms with Crippen molar-refractivity contribution >= 4 is 17.7 Å². The first-order valence-electron chi connectivity index (χ1n) is 7.21. The molecule has 3 rings (SSSR count). The van der Waals surface area contributed by atoms with E-state index in [1.807, 2.05) is 0 Å². The summed E-state index contributed by atoms with van der Waals surface area (Å²) >= 11 is 0. The highest BCUT2D eigenvalue weighted by Crippen LogP contribution is 2.43. The van der Waals surface area contributed by atoms with Crippen molar-refractivity contribution in [3.63, 3.8) is 0 Å². The van der Waals surface area contributed by atoms with Gasteiger partial charge in [-0.25, -0.2) is 0 Å². The lowest BCUT2D eigenvalue weighted by molar-refractivity contribution is -0.218. The summed E-state index contributed by atoms with van der Waals surface area (Å²) in [5.74, 6) is -2.00. The van der Waals surface area contributed by atoms with Crippen LogP contribution in [0.5, 0.6) is 0 Å². The van der Waals surface area contributed by atoms with Gasteiger partial charge in [-0.1, -0.05) is 13.8 Å². The van der Waals surface area contributed by atoms with E-state index in [0.29, 0.717) is 12.8 Å². The van der Waals surface area contributed by atoms with Gasteiger partial charge in [0.15, 0.2) is 0 Å². The molecule has 4 atom stereocenters. The van der Waals surface area contributed by atoms with Crippen LogP contribution in [0, 0.1) is 17.8 Å². The second kappa shape index (κ2) is 5.19. The van der Waals surface area contributed by atoms with Gasteiger partial charge in [-0.3, -0.25) is 14.4 Å². The molecule has 0 spiro atoms. The van der Waals surface area contributed by atoms with E-state index in [-0.39, 0.29) is 29.7 Å². The number of hydrogen-bond acceptors (Lipinski definition) is 5. The molecule has 0 N–H and O–H groups in total. The molecule has 3 aliphatic rings. The van der Waals surface area contributed by atoms with Gasteiger partial charge in [0.1, 0.15) is 23.4 Å². The van der Waals surface area contributed by atoms with Crippen molar-refractivity contribution in [1.82, 2.24) is 0 Å². The Hall–Kier alpha value is -1.39. The maximum Gasteiger partial charge on any atom is 0.316 e. The van der Waals surface area contributed by atoms with Crippen LogP contribution in [0.1, 0.15) is 47.0 Å². The van der Waals surface area contributed by atoms with Gasteiger partial charge in [-0.05, 0) is 26.7 Å². The number of ether oxygens (including phenoxy) is 2. The third kappa shape index (κ3) is 2.58. The standard InChI is InChI=1S/C15H22O5/c1-8(2)12(16)9(3)13(17)20-15(4)7-10-5-6-11(15)19-14(10)18/h8-11H,5-7H2,1-4H3. The summed E-state index contributed by atoms with van der Waals surface area (Å²) < 4.78 is 10.8. The van der Waals surface area contributed by atoms with Crippen molar-refractivity contribution < 1.29 is 23.9 Å². The van der Waals surface area contributed by atoms with Crippen LogP contribution in [-0.2, 0) is 23.9 Å². The molecule has 1 aliphatic carbocycles. The Bertz CT molecular complexity index is 442. The Labute approximate surface area is 119 Å². The van der Waals surface area contributed by atoms with Crippen LogP contribution in [0.3, 0.4) is 0 Å². The Kier molecular flexibility index (Phi) is 3.89. The van der Waals surface area contributed by atoms with Gasteiger partial charge in [0.25, 0.3) is 0 Å². The van der Waals surface area contributed by atoms with Crippen molar-refractivity contribution in [2.24, 2.45) is 17.8 Å². The molecule has 2 aliphatic heterocycles. The molecule has 0 radical (unpaired) electrons. The van der Waals surface area contributed by atoms with Crippen molar-refractivity contribution in [1.29, 1.82) is 0 Å². The Morgan fingerprint density at radius 1 is 1.30 bits per heavy atom. The van der Waals surface area contributed by atoms with E-state index in [2.05, 4.69) is 0 Å². The summed E-state index contributed by atoms with van der Waals surface area (Å²) in [6, 6.07) is 0. The number of esters is 2. The summed E-state index contributed by atoms with van der Waals surface area (Å²) in [5, 5.41) is 0. The van der Waals surface area contributed by atoms with Crippen LogP contribution in [0.4, 0.5) is 0 Å². The van der Waals surface area contributed by atoms with Gasteiger partial charge in [-0.2, -0.15) is 0 Å². The van der Waals surface area contributed by atoms with Gasteiger partial charge < -0.3 is 9.47 Å². The lowest BCUT2D eigenvalue weighted by Crippen LogP contribution is -2.57. The number of hydrogen-bond donors (Lipinski definition) is 0. The van der Waals surface area contributed by atoms with Gasteiger partial charge in [0.2, 0.25) is 0 Å². The van der Waals surface area contributed by atoms with E-state index in [1.165, 1.54) is 0 Å². The fraction of sp³-hybridized carbons (Fsp3) is 0.800. The fourth-order valence-electron chi connectivity index (χ4n) is 3.04. The molecule has 0 aromatic carbocycles. The highest BCUT2D eigenvalue weighted by molar-refractivity contribution is 5.99. The Morgan fingerprint density at radius 3 is 2.40 bits per heavy atom. The molecule has 20 heavy (non-hydrogen) atoms. The molecule has 2 bridgehead atoms. The van der Waals surface area contributed by atoms with Gasteiger partial charge in [0, 0.05) is 12.3 Å². The van der Waals surface area contributed by atoms with Crippen LogP contribution < -0.4 is 0 Å². The van der Waals surface area contributed by atoms with Crippen molar-refractivity contribution in [2.75, 3.05) is 0 Å². The highest BCUT2D eigenvalue weighted by atomic mass is 16.6. The minimum atomic E-state index is -0.792. The smallest absolute Gasteiger partial charge is 0.316 e. The molecule has 0 aromatic rings. The lowest BCUT2D eigenvalue weighted by Gasteiger charge is -2.47. The summed E-state index contributed by atoms with van der Waals surface area (Å²) in [7, 11) is 0. The predicted molar refractivity (Wildman–Crippen MR) is 70.7 cm³/mol. The average Bonchev–Trinajstić information content (AvgIpc) is 2.38. The molecule has 2 saturated heterocycles. The molecule has 0 aromatic heterocycles. The molecule has 0 amide bonds. The molecular formula is C15H22O5. The summed E-state index contributed by atoms with van der Waals surface area (Å²) in [4.78, 5) is 35.5. The fourth-order valence-corrected chi connectivity index (χ4v) is 3.04. The first-order valence-corrected chi connectivity index (χ1v) is 7.21. The normalized spacial score (nSPS) is 33.8. The SMILES string of the molecule is CC(C)C(=O)C(C)C(=O)OC1(C)CC2CCC1OC2=O. The average molecular weight is 282 g/mol. The van der Waals surface area contributed by atoms with Crippen LogP contribution in [-0.4, -0.2) is 29.4 Å². The molecule has 3 fully saturated rings. The van der Waals surface area contributed by atoms with Crippen LogP contribution in [0.15, 0.2) is 0 Å².